The van der Waals surface area contributed by atoms with Crippen LogP contribution < -0.4 is 21.3 Å². The molecule has 1 aromatic rings. The topological polar surface area (TPSA) is 99.3 Å². The molecule has 0 saturated heterocycles. The molecule has 156 valence electrons. The summed E-state index contributed by atoms with van der Waals surface area (Å²) in [6.45, 7) is -0.0434. The van der Waals surface area contributed by atoms with Gasteiger partial charge in [0.15, 0.2) is 0 Å². The van der Waals surface area contributed by atoms with E-state index in [2.05, 4.69) is 21.3 Å². The Morgan fingerprint density at radius 3 is 2.10 bits per heavy atom. The van der Waals surface area contributed by atoms with Crippen molar-refractivity contribution in [2.24, 2.45) is 23.2 Å². The molecule has 0 atom stereocenters. The normalized spacial score (nSPS) is 29.2. The molecule has 0 spiro atoms. The lowest BCUT2D eigenvalue weighted by Gasteiger charge is -2.56. The summed E-state index contributed by atoms with van der Waals surface area (Å²) in [5.41, 5.74) is 1.32. The molecule has 0 aliphatic heterocycles. The van der Waals surface area contributed by atoms with E-state index in [4.69, 9.17) is 0 Å². The molecule has 0 heterocycles. The Hall–Kier alpha value is -2.57. The molecule has 4 amide bonds. The zero-order valence-corrected chi connectivity index (χ0v) is 16.9. The highest BCUT2D eigenvalue weighted by Gasteiger charge is 2.51. The van der Waals surface area contributed by atoms with Crippen molar-refractivity contribution < 1.29 is 14.4 Å². The third-order valence-corrected chi connectivity index (χ3v) is 6.78. The lowest BCUT2D eigenvalue weighted by atomic mass is 9.49. The first kappa shape index (κ1) is 19.7. The molecule has 4 N–H and O–H groups in total. The fourth-order valence-electron chi connectivity index (χ4n) is 6.16. The van der Waals surface area contributed by atoms with Gasteiger partial charge in [-0.15, -0.1) is 0 Å². The second kappa shape index (κ2) is 8.05. The summed E-state index contributed by atoms with van der Waals surface area (Å²) in [5.74, 6) is 2.15. The molecule has 29 heavy (non-hydrogen) atoms. The number of carbonyl (C=O) groups excluding carboxylic acids is 3. The smallest absolute Gasteiger partial charge is 0.318 e. The van der Waals surface area contributed by atoms with Gasteiger partial charge in [-0.3, -0.25) is 9.59 Å². The van der Waals surface area contributed by atoms with Crippen LogP contribution in [0.4, 0.5) is 16.2 Å². The maximum Gasteiger partial charge on any atom is 0.318 e. The standard InChI is InChI=1S/C22H30N4O3/c1-23-21(29)26-18-4-2-3-17(8-18)25-20(28)13-24-19(27)12-22-9-14-5-15(10-22)7-16(6-14)11-22/h2-4,8,14-16H,5-7,9-13H2,1H3,(H,24,27)(H,25,28)(H2,23,26,29). The van der Waals surface area contributed by atoms with Crippen LogP contribution in [0.1, 0.15) is 44.9 Å². The van der Waals surface area contributed by atoms with Gasteiger partial charge in [-0.25, -0.2) is 4.79 Å². The summed E-state index contributed by atoms with van der Waals surface area (Å²) in [7, 11) is 1.53. The van der Waals surface area contributed by atoms with Gasteiger partial charge in [-0.1, -0.05) is 6.07 Å². The van der Waals surface area contributed by atoms with Gasteiger partial charge in [0.1, 0.15) is 0 Å². The van der Waals surface area contributed by atoms with Crippen LogP contribution in [0.2, 0.25) is 0 Å². The monoisotopic (exact) mass is 398 g/mol. The molecule has 4 aliphatic carbocycles. The molecule has 0 unspecified atom stereocenters. The van der Waals surface area contributed by atoms with Crippen molar-refractivity contribution in [3.63, 3.8) is 0 Å². The average Bonchev–Trinajstić information content (AvgIpc) is 2.65. The Balaban J connectivity index is 1.25. The van der Waals surface area contributed by atoms with Gasteiger partial charge in [0.25, 0.3) is 0 Å². The van der Waals surface area contributed by atoms with Gasteiger partial charge in [0, 0.05) is 24.8 Å². The molecule has 4 aliphatic rings. The molecule has 1 aromatic carbocycles. The van der Waals surface area contributed by atoms with E-state index < -0.39 is 0 Å². The van der Waals surface area contributed by atoms with Crippen LogP contribution in [-0.2, 0) is 9.59 Å². The highest BCUT2D eigenvalue weighted by molar-refractivity contribution is 5.96. The maximum atomic E-state index is 12.5. The third kappa shape index (κ3) is 4.71. The predicted molar refractivity (Wildman–Crippen MR) is 111 cm³/mol. The van der Waals surface area contributed by atoms with E-state index in [1.54, 1.807) is 24.3 Å². The number of hydrogen-bond donors (Lipinski definition) is 4. The molecule has 4 saturated carbocycles. The highest BCUT2D eigenvalue weighted by Crippen LogP contribution is 2.61. The van der Waals surface area contributed by atoms with Crippen LogP contribution in [-0.4, -0.2) is 31.4 Å². The van der Waals surface area contributed by atoms with E-state index in [9.17, 15) is 14.4 Å². The minimum absolute atomic E-state index is 0.0165. The minimum atomic E-state index is -0.328. The Kier molecular flexibility index (Phi) is 5.48. The van der Waals surface area contributed by atoms with Gasteiger partial charge in [0.05, 0.1) is 6.54 Å². The number of urea groups is 1. The first-order chi connectivity index (χ1) is 13.9. The summed E-state index contributed by atoms with van der Waals surface area (Å²) in [6.07, 6.45) is 8.18. The van der Waals surface area contributed by atoms with Crippen molar-refractivity contribution in [2.45, 2.75) is 44.9 Å². The number of amides is 4. The van der Waals surface area contributed by atoms with Gasteiger partial charge in [-0.2, -0.15) is 0 Å². The van der Waals surface area contributed by atoms with Crippen molar-refractivity contribution in [2.75, 3.05) is 24.2 Å². The van der Waals surface area contributed by atoms with Gasteiger partial charge < -0.3 is 21.3 Å². The predicted octanol–water partition coefficient (Wildman–Crippen LogP) is 3.10. The SMILES string of the molecule is CNC(=O)Nc1cccc(NC(=O)CNC(=O)CC23CC4CC(CC(C4)C2)C3)c1. The first-order valence-electron chi connectivity index (χ1n) is 10.6. The quantitative estimate of drug-likeness (QED) is 0.592. The second-order valence-corrected chi connectivity index (χ2v) is 9.20. The number of nitrogens with one attached hydrogen (secondary N) is 4. The average molecular weight is 399 g/mol. The van der Waals surface area contributed by atoms with Crippen LogP contribution in [0.5, 0.6) is 0 Å². The van der Waals surface area contributed by atoms with E-state index in [-0.39, 0.29) is 29.8 Å². The summed E-state index contributed by atoms with van der Waals surface area (Å²) < 4.78 is 0. The molecule has 0 aromatic heterocycles. The Labute approximate surface area is 171 Å². The molecular weight excluding hydrogens is 368 g/mol. The fourth-order valence-corrected chi connectivity index (χ4v) is 6.16. The van der Waals surface area contributed by atoms with E-state index in [0.29, 0.717) is 17.8 Å². The van der Waals surface area contributed by atoms with Crippen molar-refractivity contribution >= 4 is 29.2 Å². The zero-order valence-electron chi connectivity index (χ0n) is 16.9. The molecule has 4 bridgehead atoms. The van der Waals surface area contributed by atoms with Crippen LogP contribution in [0, 0.1) is 23.2 Å². The fraction of sp³-hybridized carbons (Fsp3) is 0.591. The number of rotatable bonds is 6. The number of hydrogen-bond acceptors (Lipinski definition) is 3. The first-order valence-corrected chi connectivity index (χ1v) is 10.6. The zero-order chi connectivity index (χ0) is 20.4. The molecule has 7 nitrogen and oxygen atoms in total. The molecule has 7 heteroatoms. The summed E-state index contributed by atoms with van der Waals surface area (Å²) in [5, 5.41) is 10.7. The van der Waals surface area contributed by atoms with Crippen molar-refractivity contribution in [1.29, 1.82) is 0 Å². The lowest BCUT2D eigenvalue weighted by molar-refractivity contribution is -0.131. The van der Waals surface area contributed by atoms with Gasteiger partial charge >= 0.3 is 6.03 Å². The Morgan fingerprint density at radius 2 is 1.52 bits per heavy atom. The third-order valence-electron chi connectivity index (χ3n) is 6.78. The second-order valence-electron chi connectivity index (χ2n) is 9.20. The van der Waals surface area contributed by atoms with E-state index >= 15 is 0 Å². The largest absolute Gasteiger partial charge is 0.347 e. The molecule has 4 fully saturated rings. The summed E-state index contributed by atoms with van der Waals surface area (Å²) >= 11 is 0. The van der Waals surface area contributed by atoms with Crippen molar-refractivity contribution in [1.82, 2.24) is 10.6 Å². The maximum absolute atomic E-state index is 12.5. The minimum Gasteiger partial charge on any atom is -0.347 e. The van der Waals surface area contributed by atoms with Crippen LogP contribution in [0.3, 0.4) is 0 Å². The van der Waals surface area contributed by atoms with E-state index in [1.165, 1.54) is 45.6 Å². The molecule has 5 rings (SSSR count). The summed E-state index contributed by atoms with van der Waals surface area (Å²) in [6, 6.07) is 6.56. The van der Waals surface area contributed by atoms with Crippen molar-refractivity contribution in [3.8, 4) is 0 Å². The highest BCUT2D eigenvalue weighted by atomic mass is 16.2. The summed E-state index contributed by atoms with van der Waals surface area (Å²) in [4.78, 5) is 36.2. The molecular formula is C22H30N4O3. The number of anilines is 2. The van der Waals surface area contributed by atoms with Crippen molar-refractivity contribution in [3.05, 3.63) is 24.3 Å². The van der Waals surface area contributed by atoms with E-state index in [0.717, 1.165) is 17.8 Å². The lowest BCUT2D eigenvalue weighted by Crippen LogP contribution is -2.48. The Morgan fingerprint density at radius 1 is 0.931 bits per heavy atom. The van der Waals surface area contributed by atoms with Gasteiger partial charge in [0.2, 0.25) is 11.8 Å². The molecule has 0 radical (unpaired) electrons. The van der Waals surface area contributed by atoms with Crippen LogP contribution >= 0.6 is 0 Å². The Bertz CT molecular complexity index is 772. The van der Waals surface area contributed by atoms with E-state index in [1.807, 2.05) is 0 Å². The van der Waals surface area contributed by atoms with Crippen LogP contribution in [0.25, 0.3) is 0 Å². The number of benzene rings is 1. The number of carbonyl (C=O) groups is 3. The van der Waals surface area contributed by atoms with Gasteiger partial charge in [-0.05, 0) is 79.9 Å². The van der Waals surface area contributed by atoms with Crippen LogP contribution in [0.15, 0.2) is 24.3 Å².